The van der Waals surface area contributed by atoms with Crippen molar-refractivity contribution in [3.8, 4) is 0 Å². The monoisotopic (exact) mass is 1740 g/mol. The topological polar surface area (TPSA) is 278 Å². The van der Waals surface area contributed by atoms with Crippen LogP contribution in [0.1, 0.15) is 161 Å². The number of aliphatic hydroxyl groups excluding tert-OH is 6. The molecule has 0 bridgehead atoms. The number of piperidine rings is 7. The van der Waals surface area contributed by atoms with Gasteiger partial charge in [-0.2, -0.15) is 0 Å². The van der Waals surface area contributed by atoms with Gasteiger partial charge in [0.05, 0.1) is 45.6 Å². The molecule has 3 atom stereocenters. The number of carbonyl (C=O) groups excluding carboxylic acids is 4. The summed E-state index contributed by atoms with van der Waals surface area (Å²) < 4.78 is 9.29. The van der Waals surface area contributed by atoms with Crippen LogP contribution in [-0.4, -0.2) is 487 Å². The van der Waals surface area contributed by atoms with E-state index in [9.17, 15) is 19.2 Å². The Labute approximate surface area is 723 Å². The molecule has 694 valence electrons. The number of alkyl halides is 1. The van der Waals surface area contributed by atoms with Crippen molar-refractivity contribution < 1.29 is 59.3 Å². The molecular formula is C88H183BrN16O12. The number of likely N-dealkylation sites (tertiary alicyclic amines) is 10. The molecule has 8 N–H and O–H groups in total. The minimum atomic E-state index is -0.0972. The molecule has 28 nitrogen and oxygen atoms in total. The highest BCUT2D eigenvalue weighted by Gasteiger charge is 2.29. The Morgan fingerprint density at radius 2 is 0.778 bits per heavy atom. The maximum Gasteiger partial charge on any atom is 0.323 e. The van der Waals surface area contributed by atoms with E-state index in [4.69, 9.17) is 30.6 Å². The Balaban J connectivity index is 0.000000635. The zero-order valence-electron chi connectivity index (χ0n) is 77.7. The van der Waals surface area contributed by atoms with Gasteiger partial charge in [-0.25, -0.2) is 0 Å². The minimum Gasteiger partial charge on any atom is -0.469 e. The van der Waals surface area contributed by atoms with Gasteiger partial charge in [0.2, 0.25) is 0 Å². The number of likely N-dealkylation sites (N-methyl/N-ethyl adjacent to an activating group) is 5. The molecule has 117 heavy (non-hydrogen) atoms. The van der Waals surface area contributed by atoms with Gasteiger partial charge >= 0.3 is 11.9 Å². The van der Waals surface area contributed by atoms with Crippen LogP contribution in [0.4, 0.5) is 0 Å². The molecule has 13 heterocycles. The first-order valence-corrected chi connectivity index (χ1v) is 46.6. The Hall–Kier alpha value is -2.12. The van der Waals surface area contributed by atoms with Crippen LogP contribution in [0.15, 0.2) is 0 Å². The molecule has 0 aromatic rings. The highest BCUT2D eigenvalue weighted by Crippen LogP contribution is 2.22. The van der Waals surface area contributed by atoms with Gasteiger partial charge < -0.3 is 110 Å². The van der Waals surface area contributed by atoms with Crippen LogP contribution in [0.25, 0.3) is 0 Å². The van der Waals surface area contributed by atoms with Crippen molar-refractivity contribution in [2.24, 2.45) is 23.7 Å². The van der Waals surface area contributed by atoms with Crippen LogP contribution < -0.4 is 10.6 Å². The minimum absolute atomic E-state index is 0.0185. The molecule has 0 aliphatic carbocycles. The van der Waals surface area contributed by atoms with Crippen LogP contribution in [0.5, 0.6) is 0 Å². The molecular weight excluding hydrogens is 1550 g/mol. The summed E-state index contributed by atoms with van der Waals surface area (Å²) in [5, 5.41) is 59.4. The van der Waals surface area contributed by atoms with Crippen LogP contribution in [-0.2, 0) is 28.7 Å². The highest BCUT2D eigenvalue weighted by atomic mass is 79.9. The summed E-state index contributed by atoms with van der Waals surface area (Å²) in [6, 6.07) is 0.472. The summed E-state index contributed by atoms with van der Waals surface area (Å²) in [6.45, 7) is 37.8. The van der Waals surface area contributed by atoms with Gasteiger partial charge in [0.1, 0.15) is 17.6 Å². The van der Waals surface area contributed by atoms with Crippen LogP contribution >= 0.6 is 15.9 Å². The maximum absolute atomic E-state index is 11.0. The first-order valence-electron chi connectivity index (χ1n) is 45.7. The number of hydrogen-bond acceptors (Lipinski definition) is 28. The lowest BCUT2D eigenvalue weighted by Crippen LogP contribution is -2.33. The Bertz CT molecular complexity index is 2260. The number of carbonyl (C=O) groups is 4. The number of nitrogens with zero attached hydrogens (tertiary/aromatic N) is 14. The Morgan fingerprint density at radius 3 is 1.15 bits per heavy atom. The predicted molar refractivity (Wildman–Crippen MR) is 485 cm³/mol. The number of aliphatic hydroxyl groups is 6. The van der Waals surface area contributed by atoms with Crippen molar-refractivity contribution in [3.05, 3.63) is 0 Å². The molecule has 29 heteroatoms. The zero-order valence-corrected chi connectivity index (χ0v) is 79.3. The highest BCUT2D eigenvalue weighted by molar-refractivity contribution is 9.09. The standard InChI is InChI=1S/C8H18N2O.C8H15NO2.C8H15NO.C8H17NO.C7H16N2.C7H13NO2.C7H15NO.C6H12BrN.C6H14N2.C6H13NO.C6H11NO.C6H13NO.C5H11NO/c1-9-3-2-4-10(6-5-9)7-8-11;1-9-5-3-7(4-6-9)8(10)11-2;1-7(10)8-3-5-9(2)6-4-8;1-9-5-2-8(3-6-9)4-7-10;1-9-6-2-4-8-5-3-7-9;1-8-5-3-4-6(8)7(9)10-2;1-8-4-2-7(6-9)3-5-8;1-8-4-2-6(7)3-5-8;1-8-5-2-3-7-4-6-8;2*1-7-4-2-6(8)3-5-7;1-7-4-2-3-6(7)5-8;1-6-3-2-5(7)4-6/h11H,2-8H2,1H3;7H,3-6H2,1-2H3;8H,3-6H2,1-2H3;8,10H,2-7H2,1H3;8H,2-7H2,1H3;6H,3-5H2,1-2H3;7,9H,2-6H2,1H3;6H,2-5H2,1H3;7H,2-6H2,1H3;6,8H,2-5H2,1H3;2-5H2,1H3;6,8H,2-5H2,1H3;5,7H,2-4H2,1H3/t;;;;;6-;;;;;;6-;5-/m.....0.....01/s1. The second-order valence-electron chi connectivity index (χ2n) is 35.5. The van der Waals surface area contributed by atoms with Crippen molar-refractivity contribution in [3.63, 3.8) is 0 Å². The molecule has 0 aromatic carbocycles. The molecule has 13 rings (SSSR count). The summed E-state index contributed by atoms with van der Waals surface area (Å²) in [4.78, 5) is 76.0. The second kappa shape index (κ2) is 72.1. The van der Waals surface area contributed by atoms with Crippen LogP contribution in [0.3, 0.4) is 0 Å². The summed E-state index contributed by atoms with van der Waals surface area (Å²) in [5.74, 6) is 2.53. The van der Waals surface area contributed by atoms with Gasteiger partial charge in [-0.05, 0) is 383 Å². The van der Waals surface area contributed by atoms with Crippen molar-refractivity contribution >= 4 is 39.4 Å². The fourth-order valence-electron chi connectivity index (χ4n) is 15.5. The molecule has 13 saturated heterocycles. The average molecular weight is 1740 g/mol. The number of rotatable bonds is 9. The van der Waals surface area contributed by atoms with Gasteiger partial charge in [0.25, 0.3) is 0 Å². The summed E-state index contributed by atoms with van der Waals surface area (Å²) in [6.07, 6.45) is 26.5. The number of ether oxygens (including phenoxy) is 2. The number of esters is 2. The number of halogens is 1. The average Bonchev–Trinajstić information content (AvgIpc) is 1.78. The van der Waals surface area contributed by atoms with E-state index in [-0.39, 0.29) is 36.1 Å². The van der Waals surface area contributed by atoms with Crippen LogP contribution in [0.2, 0.25) is 0 Å². The molecule has 0 saturated carbocycles. The van der Waals surface area contributed by atoms with E-state index in [1.165, 1.54) is 170 Å². The molecule has 13 aliphatic heterocycles. The lowest BCUT2D eigenvalue weighted by atomic mass is 9.94. The van der Waals surface area contributed by atoms with E-state index in [1.807, 2.05) is 26.0 Å². The fourth-order valence-corrected chi connectivity index (χ4v) is 15.9. The van der Waals surface area contributed by atoms with E-state index < -0.39 is 0 Å². The molecule has 0 amide bonds. The van der Waals surface area contributed by atoms with E-state index in [0.717, 1.165) is 212 Å². The van der Waals surface area contributed by atoms with Crippen LogP contribution in [0, 0.1) is 23.7 Å². The van der Waals surface area contributed by atoms with Gasteiger partial charge in [-0.3, -0.25) is 29.0 Å². The lowest BCUT2D eigenvalue weighted by Gasteiger charge is -2.28. The SMILES string of the molecule is CC(=O)C1CCN(C)CC1.CN1CCC(=O)CC1.CN1CCC(Br)CC1.CN1CCC(CCO)CC1.CN1CCC(CO)CC1.CN1CCC(O)CC1.CN1CCCN(CCO)CC1.CN1CCCNCC1.CN1CCCNCCC1.CN1CCC[C@H]1CO.CN1CC[C@@H](O)C1.COC(=O)C1CCN(C)CC1.COC(=O)[C@@H]1CCCN1C. The smallest absolute Gasteiger partial charge is 0.323 e. The van der Waals surface area contributed by atoms with Crippen molar-refractivity contribution in [2.45, 2.75) is 190 Å². The quantitative estimate of drug-likeness (QED) is 0.119. The number of hydrogen-bond donors (Lipinski definition) is 8. The molecule has 0 spiro atoms. The number of nitrogens with one attached hydrogen (secondary N) is 2. The van der Waals surface area contributed by atoms with E-state index in [0.29, 0.717) is 55.9 Å². The Kier molecular flexibility index (Phi) is 69.6. The third kappa shape index (κ3) is 61.0. The zero-order chi connectivity index (χ0) is 87.1. The second-order valence-corrected chi connectivity index (χ2v) is 36.8. The predicted octanol–water partition coefficient (Wildman–Crippen LogP) is 4.12. The molecule has 0 aromatic heterocycles. The van der Waals surface area contributed by atoms with Crippen molar-refractivity contribution in [1.82, 2.24) is 79.2 Å². The molecule has 0 unspecified atom stereocenters. The summed E-state index contributed by atoms with van der Waals surface area (Å²) >= 11 is 3.59. The molecule has 13 aliphatic rings. The lowest BCUT2D eigenvalue weighted by molar-refractivity contribution is -0.147. The van der Waals surface area contributed by atoms with Gasteiger partial charge in [-0.15, -0.1) is 0 Å². The first-order chi connectivity index (χ1) is 55.9. The van der Waals surface area contributed by atoms with Gasteiger partial charge in [0.15, 0.2) is 0 Å². The third-order valence-corrected chi connectivity index (χ3v) is 25.6. The van der Waals surface area contributed by atoms with E-state index in [1.54, 1.807) is 6.92 Å². The van der Waals surface area contributed by atoms with E-state index >= 15 is 0 Å². The van der Waals surface area contributed by atoms with Gasteiger partial charge in [-0.1, -0.05) is 15.9 Å². The number of β-amino-alcohol motifs (C(OH)–C–C–N with tert-alkyl or cyclic N) is 2. The number of ketones is 2. The fraction of sp³-hybridized carbons (Fsp3) is 0.955. The largest absolute Gasteiger partial charge is 0.469 e. The number of methoxy groups -OCH3 is 2. The normalized spacial score (nSPS) is 25.5. The molecule has 13 fully saturated rings. The molecule has 0 radical (unpaired) electrons. The van der Waals surface area contributed by atoms with E-state index in [2.05, 4.69) is 170 Å². The first kappa shape index (κ1) is 113. The maximum atomic E-state index is 11.0. The number of Topliss-reactive ketones (excluding diaryl/α,β-unsaturated/α-hetero) is 2. The van der Waals surface area contributed by atoms with Crippen molar-refractivity contribution in [1.29, 1.82) is 0 Å². The third-order valence-electron chi connectivity index (χ3n) is 24.7. The van der Waals surface area contributed by atoms with Gasteiger partial charge in [0, 0.05) is 115 Å². The summed E-state index contributed by atoms with van der Waals surface area (Å²) in [7, 11) is 30.3. The Morgan fingerprint density at radius 1 is 0.376 bits per heavy atom. The summed E-state index contributed by atoms with van der Waals surface area (Å²) in [5.41, 5.74) is 0. The van der Waals surface area contributed by atoms with Crippen molar-refractivity contribution in [2.75, 3.05) is 335 Å².